The Morgan fingerprint density at radius 2 is 2.00 bits per heavy atom. The molecular formula is C18H18ClN3O6S. The Kier molecular flexibility index (Phi) is 6.78. The summed E-state index contributed by atoms with van der Waals surface area (Å²) in [6.07, 6.45) is 1.44. The third-order valence-electron chi connectivity index (χ3n) is 4.16. The molecule has 2 heterocycles. The summed E-state index contributed by atoms with van der Waals surface area (Å²) in [6, 6.07) is 4.62. The minimum absolute atomic E-state index is 0.121. The van der Waals surface area contributed by atoms with Gasteiger partial charge in [-0.25, -0.2) is 0 Å². The highest BCUT2D eigenvalue weighted by Gasteiger charge is 2.37. The summed E-state index contributed by atoms with van der Waals surface area (Å²) < 4.78 is 10.5. The zero-order valence-electron chi connectivity index (χ0n) is 15.3. The van der Waals surface area contributed by atoms with Crippen LogP contribution in [0, 0.1) is 0 Å². The first kappa shape index (κ1) is 21.2. The number of ether oxygens (including phenoxy) is 2. The molecule has 1 aromatic carbocycles. The van der Waals surface area contributed by atoms with E-state index in [1.807, 2.05) is 0 Å². The van der Waals surface area contributed by atoms with E-state index < -0.39 is 17.1 Å². The van der Waals surface area contributed by atoms with Gasteiger partial charge in [0.1, 0.15) is 12.3 Å². The number of benzene rings is 1. The zero-order valence-corrected chi connectivity index (χ0v) is 16.8. The third kappa shape index (κ3) is 5.28. The normalized spacial score (nSPS) is 18.4. The summed E-state index contributed by atoms with van der Waals surface area (Å²) in [5.41, 5.74) is 5.50. The fourth-order valence-corrected chi connectivity index (χ4v) is 3.75. The van der Waals surface area contributed by atoms with Gasteiger partial charge in [0.2, 0.25) is 5.91 Å². The molecule has 2 fully saturated rings. The number of primary amides is 1. The molecule has 0 atom stereocenters. The highest BCUT2D eigenvalue weighted by molar-refractivity contribution is 8.18. The lowest BCUT2D eigenvalue weighted by Crippen LogP contribution is -2.46. The Morgan fingerprint density at radius 1 is 1.28 bits per heavy atom. The molecule has 11 heteroatoms. The monoisotopic (exact) mass is 439 g/mol. The molecule has 0 aliphatic carbocycles. The van der Waals surface area contributed by atoms with E-state index in [2.05, 4.69) is 0 Å². The fraction of sp³-hybridized carbons (Fsp3) is 0.333. The second kappa shape index (κ2) is 9.29. The predicted molar refractivity (Wildman–Crippen MR) is 106 cm³/mol. The van der Waals surface area contributed by atoms with E-state index in [0.29, 0.717) is 36.9 Å². The van der Waals surface area contributed by atoms with E-state index in [4.69, 9.17) is 26.8 Å². The molecule has 154 valence electrons. The van der Waals surface area contributed by atoms with Crippen molar-refractivity contribution < 1.29 is 28.7 Å². The van der Waals surface area contributed by atoms with Gasteiger partial charge in [-0.1, -0.05) is 11.6 Å². The summed E-state index contributed by atoms with van der Waals surface area (Å²) >= 11 is 6.72. The van der Waals surface area contributed by atoms with E-state index in [1.165, 1.54) is 18.2 Å². The average Bonchev–Trinajstić information content (AvgIpc) is 2.95. The maximum Gasteiger partial charge on any atom is 0.294 e. The van der Waals surface area contributed by atoms with Crippen molar-refractivity contribution in [2.75, 3.05) is 39.5 Å². The smallest absolute Gasteiger partial charge is 0.294 e. The van der Waals surface area contributed by atoms with Gasteiger partial charge in [-0.05, 0) is 36.0 Å². The van der Waals surface area contributed by atoms with Gasteiger partial charge >= 0.3 is 0 Å². The molecule has 3 rings (SSSR count). The lowest BCUT2D eigenvalue weighted by molar-refractivity contribution is -0.139. The number of carbonyl (C=O) groups excluding carboxylic acids is 4. The molecule has 0 bridgehead atoms. The van der Waals surface area contributed by atoms with E-state index >= 15 is 0 Å². The van der Waals surface area contributed by atoms with Gasteiger partial charge < -0.3 is 20.1 Å². The minimum atomic E-state index is -0.659. The van der Waals surface area contributed by atoms with Gasteiger partial charge in [0, 0.05) is 23.7 Å². The first-order valence-electron chi connectivity index (χ1n) is 8.66. The quantitative estimate of drug-likeness (QED) is 0.659. The molecule has 0 saturated carbocycles. The van der Waals surface area contributed by atoms with Gasteiger partial charge in [-0.3, -0.25) is 24.1 Å². The Balaban J connectivity index is 1.76. The van der Waals surface area contributed by atoms with Crippen LogP contribution >= 0.6 is 23.4 Å². The second-order valence-electron chi connectivity index (χ2n) is 6.20. The van der Waals surface area contributed by atoms with Gasteiger partial charge in [0.15, 0.2) is 6.61 Å². The van der Waals surface area contributed by atoms with Crippen molar-refractivity contribution in [2.24, 2.45) is 5.73 Å². The Bertz CT molecular complexity index is 884. The molecule has 4 amide bonds. The lowest BCUT2D eigenvalue weighted by Gasteiger charge is -2.28. The number of thioether (sulfide) groups is 1. The number of hydrogen-bond donors (Lipinski definition) is 1. The molecule has 0 aromatic heterocycles. The van der Waals surface area contributed by atoms with Gasteiger partial charge in [0.05, 0.1) is 18.1 Å². The summed E-state index contributed by atoms with van der Waals surface area (Å²) in [6.45, 7) is 1.02. The number of halogens is 1. The van der Waals surface area contributed by atoms with E-state index in [9.17, 15) is 19.2 Å². The number of nitrogens with two attached hydrogens (primary N) is 1. The first-order chi connectivity index (χ1) is 13.8. The molecule has 2 aliphatic heterocycles. The van der Waals surface area contributed by atoms with Crippen molar-refractivity contribution in [1.29, 1.82) is 0 Å². The van der Waals surface area contributed by atoms with Crippen LogP contribution in [0.1, 0.15) is 5.56 Å². The summed E-state index contributed by atoms with van der Waals surface area (Å²) in [4.78, 5) is 50.9. The Hall–Kier alpha value is -2.56. The number of imide groups is 1. The van der Waals surface area contributed by atoms with Crippen LogP contribution in [0.2, 0.25) is 5.02 Å². The van der Waals surface area contributed by atoms with Crippen LogP contribution in [0.5, 0.6) is 5.75 Å². The van der Waals surface area contributed by atoms with Gasteiger partial charge in [-0.15, -0.1) is 0 Å². The molecule has 2 saturated heterocycles. The van der Waals surface area contributed by atoms with E-state index in [1.54, 1.807) is 11.0 Å². The van der Waals surface area contributed by atoms with Crippen molar-refractivity contribution in [2.45, 2.75) is 0 Å². The standard InChI is InChI=1S/C18H18ClN3O6S/c19-12-1-2-13(28-10-15(20)23)11(7-12)8-14-17(25)22(18(26)29-14)9-16(24)21-3-5-27-6-4-21/h1-2,7-8H,3-6,9-10H2,(H2,20,23)/b14-8-. The highest BCUT2D eigenvalue weighted by atomic mass is 35.5. The Morgan fingerprint density at radius 3 is 2.69 bits per heavy atom. The maximum atomic E-state index is 12.7. The maximum absolute atomic E-state index is 12.7. The van der Waals surface area contributed by atoms with Gasteiger partial charge in [-0.2, -0.15) is 0 Å². The molecule has 0 unspecified atom stereocenters. The molecular weight excluding hydrogens is 422 g/mol. The summed E-state index contributed by atoms with van der Waals surface area (Å²) in [7, 11) is 0. The van der Waals surface area contributed by atoms with E-state index in [-0.39, 0.29) is 29.7 Å². The van der Waals surface area contributed by atoms with Crippen LogP contribution in [-0.2, 0) is 19.1 Å². The number of carbonyl (C=O) groups is 4. The van der Waals surface area contributed by atoms with Crippen LogP contribution in [-0.4, -0.2) is 72.2 Å². The SMILES string of the molecule is NC(=O)COc1ccc(Cl)cc1/C=C1\SC(=O)N(CC(=O)N2CCOCC2)C1=O. The number of rotatable bonds is 6. The molecule has 0 radical (unpaired) electrons. The van der Waals surface area contributed by atoms with Crippen LogP contribution in [0.3, 0.4) is 0 Å². The number of hydrogen-bond acceptors (Lipinski definition) is 7. The lowest BCUT2D eigenvalue weighted by atomic mass is 10.2. The molecule has 2 N–H and O–H groups in total. The van der Waals surface area contributed by atoms with Crippen molar-refractivity contribution >= 4 is 52.4 Å². The molecule has 1 aromatic rings. The second-order valence-corrected chi connectivity index (χ2v) is 7.63. The largest absolute Gasteiger partial charge is 0.483 e. The summed E-state index contributed by atoms with van der Waals surface area (Å²) in [5.74, 6) is -1.27. The van der Waals surface area contributed by atoms with Crippen LogP contribution < -0.4 is 10.5 Å². The Labute approximate surface area is 175 Å². The molecule has 29 heavy (non-hydrogen) atoms. The molecule has 9 nitrogen and oxygen atoms in total. The van der Waals surface area contributed by atoms with Crippen molar-refractivity contribution in [3.63, 3.8) is 0 Å². The summed E-state index contributed by atoms with van der Waals surface area (Å²) in [5, 5.41) is -0.158. The fourth-order valence-electron chi connectivity index (χ4n) is 2.74. The van der Waals surface area contributed by atoms with Crippen LogP contribution in [0.4, 0.5) is 4.79 Å². The molecule has 2 aliphatic rings. The highest BCUT2D eigenvalue weighted by Crippen LogP contribution is 2.34. The van der Waals surface area contributed by atoms with E-state index in [0.717, 1.165) is 16.7 Å². The minimum Gasteiger partial charge on any atom is -0.483 e. The third-order valence-corrected chi connectivity index (χ3v) is 5.30. The predicted octanol–water partition coefficient (Wildman–Crippen LogP) is 1.10. The van der Waals surface area contributed by atoms with Crippen LogP contribution in [0.25, 0.3) is 6.08 Å². The molecule has 0 spiro atoms. The van der Waals surface area contributed by atoms with Gasteiger partial charge in [0.25, 0.3) is 17.1 Å². The number of nitrogens with zero attached hydrogens (tertiary/aromatic N) is 2. The van der Waals surface area contributed by atoms with Crippen LogP contribution in [0.15, 0.2) is 23.1 Å². The topological polar surface area (TPSA) is 119 Å². The number of morpholine rings is 1. The van der Waals surface area contributed by atoms with Crippen molar-refractivity contribution in [1.82, 2.24) is 9.80 Å². The van der Waals surface area contributed by atoms with Crippen molar-refractivity contribution in [3.05, 3.63) is 33.7 Å². The first-order valence-corrected chi connectivity index (χ1v) is 9.86. The van der Waals surface area contributed by atoms with Crippen molar-refractivity contribution in [3.8, 4) is 5.75 Å². The average molecular weight is 440 g/mol. The number of amides is 4. The zero-order chi connectivity index (χ0) is 21.0.